The van der Waals surface area contributed by atoms with Crippen molar-refractivity contribution in [1.82, 2.24) is 9.97 Å². The van der Waals surface area contributed by atoms with Gasteiger partial charge in [-0.1, -0.05) is 12.1 Å². The van der Waals surface area contributed by atoms with E-state index in [0.717, 1.165) is 11.3 Å². The third-order valence-electron chi connectivity index (χ3n) is 3.42. The van der Waals surface area contributed by atoms with Crippen LogP contribution >= 0.6 is 0 Å². The monoisotopic (exact) mass is 311 g/mol. The number of nitrogens with one attached hydrogen (secondary N) is 1. The van der Waals surface area contributed by atoms with Crippen LogP contribution < -0.4 is 5.32 Å². The van der Waals surface area contributed by atoms with Gasteiger partial charge in [0.2, 0.25) is 5.71 Å². The van der Waals surface area contributed by atoms with E-state index in [9.17, 15) is 4.79 Å². The Bertz CT molecular complexity index is 871. The molecular formula is C17H17N3O3. The minimum Gasteiger partial charge on any atom is -0.462 e. The highest BCUT2D eigenvalue weighted by Gasteiger charge is 2.23. The number of carbonyl (C=O) groups excluding carboxylic acids is 1. The third-order valence-corrected chi connectivity index (χ3v) is 3.42. The van der Waals surface area contributed by atoms with Gasteiger partial charge in [0.1, 0.15) is 23.5 Å². The maximum atomic E-state index is 12.2. The number of carbonyl (C=O) groups is 1. The minimum absolute atomic E-state index is 0.291. The van der Waals surface area contributed by atoms with Gasteiger partial charge in [0.15, 0.2) is 0 Å². The summed E-state index contributed by atoms with van der Waals surface area (Å²) in [7, 11) is 0. The molecule has 0 saturated heterocycles. The molecule has 0 radical (unpaired) electrons. The van der Waals surface area contributed by atoms with Gasteiger partial charge in [-0.2, -0.15) is 0 Å². The number of benzene rings is 1. The number of anilines is 2. The summed E-state index contributed by atoms with van der Waals surface area (Å²) in [6.45, 7) is 5.77. The molecule has 2 aromatic heterocycles. The minimum atomic E-state index is -0.439. The van der Waals surface area contributed by atoms with Gasteiger partial charge in [0, 0.05) is 5.69 Å². The largest absolute Gasteiger partial charge is 0.462 e. The number of esters is 1. The van der Waals surface area contributed by atoms with E-state index in [1.165, 1.54) is 6.33 Å². The van der Waals surface area contributed by atoms with Crippen LogP contribution in [0.1, 0.15) is 28.6 Å². The van der Waals surface area contributed by atoms with E-state index in [1.807, 2.05) is 31.2 Å². The van der Waals surface area contributed by atoms with Crippen molar-refractivity contribution < 1.29 is 13.9 Å². The fourth-order valence-electron chi connectivity index (χ4n) is 2.45. The third kappa shape index (κ3) is 2.88. The van der Waals surface area contributed by atoms with Crippen LogP contribution in [0.25, 0.3) is 11.1 Å². The van der Waals surface area contributed by atoms with Crippen molar-refractivity contribution in [2.45, 2.75) is 20.8 Å². The van der Waals surface area contributed by atoms with Crippen molar-refractivity contribution in [1.29, 1.82) is 0 Å². The second-order valence-corrected chi connectivity index (χ2v) is 5.15. The Balaban J connectivity index is 2.11. The molecule has 1 aromatic carbocycles. The number of aromatic nitrogens is 2. The van der Waals surface area contributed by atoms with Gasteiger partial charge in [-0.3, -0.25) is 0 Å². The predicted molar refractivity (Wildman–Crippen MR) is 87.0 cm³/mol. The number of nitrogens with zero attached hydrogens (tertiary/aromatic N) is 2. The van der Waals surface area contributed by atoms with E-state index >= 15 is 0 Å². The zero-order chi connectivity index (χ0) is 16.4. The normalized spacial score (nSPS) is 10.7. The van der Waals surface area contributed by atoms with Crippen LogP contribution in [0, 0.1) is 13.8 Å². The number of fused-ring (bicyclic) bond motifs is 1. The van der Waals surface area contributed by atoms with Crippen molar-refractivity contribution in [2.24, 2.45) is 0 Å². The number of hydrogen-bond donors (Lipinski definition) is 1. The number of ether oxygens (including phenoxy) is 1. The highest BCUT2D eigenvalue weighted by molar-refractivity contribution is 6.08. The molecule has 3 rings (SSSR count). The Labute approximate surface area is 133 Å². The summed E-state index contributed by atoms with van der Waals surface area (Å²) >= 11 is 0. The summed E-state index contributed by atoms with van der Waals surface area (Å²) in [5.41, 5.74) is 2.71. The molecule has 0 fully saturated rings. The molecular weight excluding hydrogens is 294 g/mol. The standard InChI is InChI=1S/C17H17N3O3/c1-4-22-17(21)13-11(3)23-16-14(13)15(18-9-19-16)20-12-7-5-6-10(2)8-12/h5-9H,4H2,1-3H3,(H,18,19,20). The first-order chi connectivity index (χ1) is 11.1. The summed E-state index contributed by atoms with van der Waals surface area (Å²) in [6.07, 6.45) is 1.40. The molecule has 6 heteroatoms. The Morgan fingerprint density at radius 1 is 1.30 bits per heavy atom. The van der Waals surface area contributed by atoms with E-state index in [2.05, 4.69) is 15.3 Å². The second-order valence-electron chi connectivity index (χ2n) is 5.15. The van der Waals surface area contributed by atoms with Crippen LogP contribution in [0.3, 0.4) is 0 Å². The zero-order valence-corrected chi connectivity index (χ0v) is 13.2. The van der Waals surface area contributed by atoms with Crippen molar-refractivity contribution in [3.8, 4) is 0 Å². The molecule has 0 bridgehead atoms. The van der Waals surface area contributed by atoms with E-state index < -0.39 is 5.97 Å². The van der Waals surface area contributed by atoms with Gasteiger partial charge >= 0.3 is 5.97 Å². The highest BCUT2D eigenvalue weighted by atomic mass is 16.5. The summed E-state index contributed by atoms with van der Waals surface area (Å²) in [5, 5.41) is 3.75. The summed E-state index contributed by atoms with van der Waals surface area (Å²) in [5.74, 6) is 0.539. The summed E-state index contributed by atoms with van der Waals surface area (Å²) in [6, 6.07) is 7.87. The van der Waals surface area contributed by atoms with Crippen LogP contribution in [0.5, 0.6) is 0 Å². The quantitative estimate of drug-likeness (QED) is 0.739. The average Bonchev–Trinajstić information content (AvgIpc) is 2.84. The topological polar surface area (TPSA) is 77.2 Å². The highest BCUT2D eigenvalue weighted by Crippen LogP contribution is 2.31. The van der Waals surface area contributed by atoms with Crippen molar-refractivity contribution >= 4 is 28.6 Å². The molecule has 0 atom stereocenters. The SMILES string of the molecule is CCOC(=O)c1c(C)oc2ncnc(Nc3cccc(C)c3)c12. The van der Waals surface area contributed by atoms with Crippen molar-refractivity contribution in [2.75, 3.05) is 11.9 Å². The number of furan rings is 1. The average molecular weight is 311 g/mol. The van der Waals surface area contributed by atoms with Gasteiger partial charge < -0.3 is 14.5 Å². The van der Waals surface area contributed by atoms with E-state index in [0.29, 0.717) is 34.8 Å². The van der Waals surface area contributed by atoms with Crippen LogP contribution in [0.2, 0.25) is 0 Å². The van der Waals surface area contributed by atoms with E-state index in [1.54, 1.807) is 13.8 Å². The molecule has 2 heterocycles. The molecule has 0 aliphatic rings. The lowest BCUT2D eigenvalue weighted by atomic mass is 10.1. The number of aryl methyl sites for hydroxylation is 2. The Morgan fingerprint density at radius 3 is 2.87 bits per heavy atom. The number of hydrogen-bond acceptors (Lipinski definition) is 6. The van der Waals surface area contributed by atoms with Gasteiger partial charge in [-0.25, -0.2) is 14.8 Å². The molecule has 0 aliphatic heterocycles. The molecule has 0 amide bonds. The molecule has 1 N–H and O–H groups in total. The Kier molecular flexibility index (Phi) is 3.97. The molecule has 6 nitrogen and oxygen atoms in total. The van der Waals surface area contributed by atoms with Gasteiger partial charge in [0.25, 0.3) is 0 Å². The van der Waals surface area contributed by atoms with Gasteiger partial charge in [-0.05, 0) is 38.5 Å². The molecule has 0 spiro atoms. The second kappa shape index (κ2) is 6.08. The summed E-state index contributed by atoms with van der Waals surface area (Å²) < 4.78 is 10.7. The lowest BCUT2D eigenvalue weighted by Gasteiger charge is -2.08. The van der Waals surface area contributed by atoms with Gasteiger partial charge in [-0.15, -0.1) is 0 Å². The number of rotatable bonds is 4. The lowest BCUT2D eigenvalue weighted by molar-refractivity contribution is 0.0526. The Morgan fingerprint density at radius 2 is 2.13 bits per heavy atom. The zero-order valence-electron chi connectivity index (χ0n) is 13.2. The molecule has 3 aromatic rings. The predicted octanol–water partition coefficient (Wildman–Crippen LogP) is 3.76. The van der Waals surface area contributed by atoms with Crippen LogP contribution in [-0.4, -0.2) is 22.5 Å². The van der Waals surface area contributed by atoms with E-state index in [-0.39, 0.29) is 0 Å². The molecule has 0 unspecified atom stereocenters. The van der Waals surface area contributed by atoms with Crippen LogP contribution in [-0.2, 0) is 4.74 Å². The summed E-state index contributed by atoms with van der Waals surface area (Å²) in [4.78, 5) is 20.6. The Hall–Kier alpha value is -2.89. The first-order valence-corrected chi connectivity index (χ1v) is 7.35. The maximum Gasteiger partial charge on any atom is 0.342 e. The lowest BCUT2D eigenvalue weighted by Crippen LogP contribution is -2.06. The van der Waals surface area contributed by atoms with Gasteiger partial charge in [0.05, 0.1) is 12.0 Å². The fourth-order valence-corrected chi connectivity index (χ4v) is 2.45. The van der Waals surface area contributed by atoms with Crippen LogP contribution in [0.4, 0.5) is 11.5 Å². The first-order valence-electron chi connectivity index (χ1n) is 7.35. The molecule has 118 valence electrons. The van der Waals surface area contributed by atoms with Crippen molar-refractivity contribution in [3.63, 3.8) is 0 Å². The fraction of sp³-hybridized carbons (Fsp3) is 0.235. The first kappa shape index (κ1) is 15.0. The maximum absolute atomic E-state index is 12.2. The van der Waals surface area contributed by atoms with E-state index in [4.69, 9.17) is 9.15 Å². The smallest absolute Gasteiger partial charge is 0.342 e. The van der Waals surface area contributed by atoms with Crippen LogP contribution in [0.15, 0.2) is 35.0 Å². The molecule has 23 heavy (non-hydrogen) atoms. The molecule has 0 saturated carbocycles. The van der Waals surface area contributed by atoms with Crippen molar-refractivity contribution in [3.05, 3.63) is 47.5 Å². The molecule has 0 aliphatic carbocycles.